The number of hydrogen-bond donors (Lipinski definition) is 2. The molecule has 0 amide bonds. The second-order valence-corrected chi connectivity index (χ2v) is 4.79. The highest BCUT2D eigenvalue weighted by molar-refractivity contribution is 14.1. The summed E-state index contributed by atoms with van der Waals surface area (Å²) in [5.74, 6) is -0.825. The minimum Gasteiger partial charge on any atom is -0.481 e. The molecular formula is C10H10Cl2INO2. The van der Waals surface area contributed by atoms with Gasteiger partial charge in [-0.2, -0.15) is 0 Å². The van der Waals surface area contributed by atoms with Crippen molar-refractivity contribution in [3.63, 3.8) is 0 Å². The normalized spacial score (nSPS) is 12.4. The average Bonchev–Trinajstić information content (AvgIpc) is 2.22. The Balaban J connectivity index is 2.70. The van der Waals surface area contributed by atoms with Gasteiger partial charge in [0, 0.05) is 28.9 Å². The zero-order valence-corrected chi connectivity index (χ0v) is 11.9. The number of carboxylic acids is 1. The van der Waals surface area contributed by atoms with Crippen molar-refractivity contribution in [3.05, 3.63) is 33.8 Å². The van der Waals surface area contributed by atoms with Crippen molar-refractivity contribution in [2.75, 3.05) is 0 Å². The van der Waals surface area contributed by atoms with Crippen LogP contribution in [0.3, 0.4) is 0 Å². The molecule has 0 bridgehead atoms. The molecule has 0 fully saturated rings. The molecule has 1 aromatic carbocycles. The Labute approximate surface area is 118 Å². The number of benzene rings is 1. The van der Waals surface area contributed by atoms with Crippen molar-refractivity contribution in [1.29, 1.82) is 0 Å². The number of aliphatic carboxylic acids is 1. The van der Waals surface area contributed by atoms with E-state index in [1.165, 1.54) is 0 Å². The van der Waals surface area contributed by atoms with Crippen LogP contribution in [-0.4, -0.2) is 17.1 Å². The molecule has 0 saturated carbocycles. The Morgan fingerprint density at radius 3 is 2.62 bits per heavy atom. The molecule has 0 saturated heterocycles. The van der Waals surface area contributed by atoms with E-state index >= 15 is 0 Å². The Kier molecular flexibility index (Phi) is 5.82. The lowest BCUT2D eigenvalue weighted by Crippen LogP contribution is -2.26. The zero-order chi connectivity index (χ0) is 12.1. The smallest absolute Gasteiger partial charge is 0.304 e. The number of rotatable bonds is 5. The first-order chi connectivity index (χ1) is 7.52. The van der Waals surface area contributed by atoms with E-state index in [1.807, 2.05) is 28.9 Å². The van der Waals surface area contributed by atoms with E-state index in [9.17, 15) is 4.79 Å². The maximum absolute atomic E-state index is 10.6. The van der Waals surface area contributed by atoms with E-state index in [2.05, 4.69) is 3.53 Å². The third-order valence-electron chi connectivity index (χ3n) is 2.04. The maximum Gasteiger partial charge on any atom is 0.304 e. The van der Waals surface area contributed by atoms with Crippen LogP contribution in [0.4, 0.5) is 0 Å². The van der Waals surface area contributed by atoms with Crippen molar-refractivity contribution in [3.8, 4) is 0 Å². The van der Waals surface area contributed by atoms with Crippen LogP contribution in [-0.2, 0) is 11.2 Å². The molecule has 0 aliphatic carbocycles. The van der Waals surface area contributed by atoms with Gasteiger partial charge in [-0.15, -0.1) is 0 Å². The lowest BCUT2D eigenvalue weighted by Gasteiger charge is -2.12. The van der Waals surface area contributed by atoms with Crippen LogP contribution < -0.4 is 3.53 Å². The standard InChI is InChI=1S/C10H10Cl2INO2/c11-8-2-1-6(4-9(8)12)3-7(14-13)5-10(15)16/h1-2,4,7,14H,3,5H2,(H,15,16). The Morgan fingerprint density at radius 1 is 1.44 bits per heavy atom. The molecule has 16 heavy (non-hydrogen) atoms. The fourth-order valence-corrected chi connectivity index (χ4v) is 2.07. The number of nitrogens with one attached hydrogen (secondary N) is 1. The highest BCUT2D eigenvalue weighted by Gasteiger charge is 2.12. The summed E-state index contributed by atoms with van der Waals surface area (Å²) in [6.07, 6.45) is 0.676. The van der Waals surface area contributed by atoms with Crippen LogP contribution in [0.1, 0.15) is 12.0 Å². The Morgan fingerprint density at radius 2 is 2.12 bits per heavy atom. The van der Waals surface area contributed by atoms with Gasteiger partial charge in [-0.3, -0.25) is 8.32 Å². The first kappa shape index (κ1) is 14.0. The summed E-state index contributed by atoms with van der Waals surface area (Å²) >= 11 is 13.6. The summed E-state index contributed by atoms with van der Waals surface area (Å²) in [6.45, 7) is 0. The molecule has 0 heterocycles. The molecule has 0 radical (unpaired) electrons. The number of carboxylic acid groups (broad SMARTS) is 1. The highest BCUT2D eigenvalue weighted by atomic mass is 127. The van der Waals surface area contributed by atoms with Gasteiger partial charge in [-0.25, -0.2) is 0 Å². The second-order valence-electron chi connectivity index (χ2n) is 3.36. The van der Waals surface area contributed by atoms with Gasteiger partial charge in [0.2, 0.25) is 0 Å². The summed E-state index contributed by atoms with van der Waals surface area (Å²) in [5.41, 5.74) is 0.963. The molecule has 0 aliphatic heterocycles. The van der Waals surface area contributed by atoms with E-state index in [0.29, 0.717) is 16.5 Å². The molecular weight excluding hydrogens is 364 g/mol. The molecule has 1 unspecified atom stereocenters. The fourth-order valence-electron chi connectivity index (χ4n) is 1.31. The topological polar surface area (TPSA) is 49.3 Å². The predicted octanol–water partition coefficient (Wildman–Crippen LogP) is 3.32. The number of halogens is 3. The quantitative estimate of drug-likeness (QED) is 0.614. The molecule has 88 valence electrons. The number of hydrogen-bond acceptors (Lipinski definition) is 2. The third kappa shape index (κ3) is 4.45. The van der Waals surface area contributed by atoms with Crippen LogP contribution in [0.15, 0.2) is 18.2 Å². The number of carbonyl (C=O) groups is 1. The molecule has 3 nitrogen and oxygen atoms in total. The zero-order valence-electron chi connectivity index (χ0n) is 8.21. The van der Waals surface area contributed by atoms with Gasteiger partial charge in [0.15, 0.2) is 0 Å². The Hall–Kier alpha value is -0.0400. The molecule has 6 heteroatoms. The summed E-state index contributed by atoms with van der Waals surface area (Å²) in [4.78, 5) is 10.6. The monoisotopic (exact) mass is 373 g/mol. The van der Waals surface area contributed by atoms with Crippen LogP contribution in [0.2, 0.25) is 10.0 Å². The van der Waals surface area contributed by atoms with Gasteiger partial charge in [0.05, 0.1) is 16.5 Å². The fraction of sp³-hybridized carbons (Fsp3) is 0.300. The lowest BCUT2D eigenvalue weighted by molar-refractivity contribution is -0.137. The molecule has 1 aromatic rings. The van der Waals surface area contributed by atoms with E-state index in [0.717, 1.165) is 5.56 Å². The van der Waals surface area contributed by atoms with Crippen molar-refractivity contribution < 1.29 is 9.90 Å². The van der Waals surface area contributed by atoms with Gasteiger partial charge >= 0.3 is 5.97 Å². The van der Waals surface area contributed by atoms with E-state index in [1.54, 1.807) is 12.1 Å². The summed E-state index contributed by atoms with van der Waals surface area (Å²) in [6, 6.07) is 5.20. The van der Waals surface area contributed by atoms with Crippen molar-refractivity contribution in [1.82, 2.24) is 3.53 Å². The van der Waals surface area contributed by atoms with Crippen LogP contribution in [0.25, 0.3) is 0 Å². The van der Waals surface area contributed by atoms with Crippen LogP contribution in [0.5, 0.6) is 0 Å². The first-order valence-corrected chi connectivity index (χ1v) is 6.38. The SMILES string of the molecule is O=C(O)CC(Cc1ccc(Cl)c(Cl)c1)NI. The molecule has 2 N–H and O–H groups in total. The van der Waals surface area contributed by atoms with Gasteiger partial charge in [-0.1, -0.05) is 29.3 Å². The van der Waals surface area contributed by atoms with E-state index in [-0.39, 0.29) is 12.5 Å². The van der Waals surface area contributed by atoms with Gasteiger partial charge in [-0.05, 0) is 24.1 Å². The van der Waals surface area contributed by atoms with Crippen molar-refractivity contribution >= 4 is 52.0 Å². The maximum atomic E-state index is 10.6. The van der Waals surface area contributed by atoms with Gasteiger partial charge < -0.3 is 5.11 Å². The van der Waals surface area contributed by atoms with Crippen molar-refractivity contribution in [2.24, 2.45) is 0 Å². The Bertz CT molecular complexity index is 387. The molecule has 1 atom stereocenters. The predicted molar refractivity (Wildman–Crippen MR) is 73.4 cm³/mol. The molecule has 0 spiro atoms. The largest absolute Gasteiger partial charge is 0.481 e. The van der Waals surface area contributed by atoms with Crippen molar-refractivity contribution in [2.45, 2.75) is 18.9 Å². The molecule has 0 aromatic heterocycles. The minimum absolute atomic E-state index is 0.0726. The van der Waals surface area contributed by atoms with Gasteiger partial charge in [0.1, 0.15) is 0 Å². The van der Waals surface area contributed by atoms with E-state index < -0.39 is 5.97 Å². The third-order valence-corrected chi connectivity index (χ3v) is 3.66. The van der Waals surface area contributed by atoms with Crippen LogP contribution >= 0.6 is 46.1 Å². The van der Waals surface area contributed by atoms with E-state index in [4.69, 9.17) is 28.3 Å². The lowest BCUT2D eigenvalue weighted by atomic mass is 10.0. The summed E-state index contributed by atoms with van der Waals surface area (Å²) in [5, 5.41) is 9.69. The van der Waals surface area contributed by atoms with Crippen LogP contribution in [0, 0.1) is 0 Å². The average molecular weight is 374 g/mol. The molecule has 0 aliphatic rings. The van der Waals surface area contributed by atoms with Gasteiger partial charge in [0.25, 0.3) is 0 Å². The second kappa shape index (κ2) is 6.64. The summed E-state index contributed by atoms with van der Waals surface area (Å²) < 4.78 is 2.93. The molecule has 1 rings (SSSR count). The summed E-state index contributed by atoms with van der Waals surface area (Å²) in [7, 11) is 0. The first-order valence-electron chi connectivity index (χ1n) is 4.54. The minimum atomic E-state index is -0.825. The highest BCUT2D eigenvalue weighted by Crippen LogP contribution is 2.23.